The van der Waals surface area contributed by atoms with Gasteiger partial charge in [-0.2, -0.15) is 26.3 Å². The Balaban J connectivity index is 2.62. The van der Waals surface area contributed by atoms with Gasteiger partial charge in [0.05, 0.1) is 14.2 Å². The SMILES string of the molecule is COC(=O)[C@@H]1OC(C)(C(F)(F)F)C(C)C1c1ccc(OC(F)F)c(F)c1OC. The van der Waals surface area contributed by atoms with Crippen molar-refractivity contribution in [3.8, 4) is 11.5 Å². The third-order valence-corrected chi connectivity index (χ3v) is 4.97. The van der Waals surface area contributed by atoms with Crippen molar-refractivity contribution >= 4 is 5.97 Å². The molecule has 3 unspecified atom stereocenters. The lowest BCUT2D eigenvalue weighted by molar-refractivity contribution is -0.274. The van der Waals surface area contributed by atoms with E-state index in [1.807, 2.05) is 0 Å². The first-order chi connectivity index (χ1) is 12.9. The maximum Gasteiger partial charge on any atom is 0.417 e. The van der Waals surface area contributed by atoms with Crippen molar-refractivity contribution < 1.29 is 50.1 Å². The van der Waals surface area contributed by atoms with Gasteiger partial charge >= 0.3 is 18.8 Å². The maximum atomic E-state index is 14.5. The van der Waals surface area contributed by atoms with E-state index in [0.29, 0.717) is 0 Å². The minimum Gasteiger partial charge on any atom is -0.493 e. The van der Waals surface area contributed by atoms with Crippen LogP contribution in [0.5, 0.6) is 11.5 Å². The van der Waals surface area contributed by atoms with Crippen LogP contribution < -0.4 is 9.47 Å². The van der Waals surface area contributed by atoms with E-state index >= 15 is 0 Å². The number of hydrogen-bond acceptors (Lipinski definition) is 5. The van der Waals surface area contributed by atoms with Crippen LogP contribution in [0.4, 0.5) is 26.3 Å². The second-order valence-corrected chi connectivity index (χ2v) is 6.36. The van der Waals surface area contributed by atoms with Crippen LogP contribution >= 0.6 is 0 Å². The molecule has 1 aliphatic heterocycles. The minimum atomic E-state index is -4.85. The number of methoxy groups -OCH3 is 2. The summed E-state index contributed by atoms with van der Waals surface area (Å²) >= 11 is 0. The molecule has 5 nitrogen and oxygen atoms in total. The number of ether oxygens (including phenoxy) is 4. The van der Waals surface area contributed by atoms with Gasteiger partial charge < -0.3 is 18.9 Å². The van der Waals surface area contributed by atoms with Gasteiger partial charge in [-0.3, -0.25) is 0 Å². The van der Waals surface area contributed by atoms with Crippen molar-refractivity contribution in [2.75, 3.05) is 14.2 Å². The second-order valence-electron chi connectivity index (χ2n) is 6.36. The molecule has 1 fully saturated rings. The topological polar surface area (TPSA) is 54.0 Å². The van der Waals surface area contributed by atoms with Crippen molar-refractivity contribution in [2.24, 2.45) is 5.92 Å². The molecule has 1 aromatic rings. The van der Waals surface area contributed by atoms with Crippen LogP contribution in [0.1, 0.15) is 25.3 Å². The highest BCUT2D eigenvalue weighted by Crippen LogP contribution is 2.55. The van der Waals surface area contributed by atoms with E-state index < -0.39 is 59.6 Å². The normalized spacial score (nSPS) is 27.8. The first-order valence-electron chi connectivity index (χ1n) is 8.02. The number of carbonyl (C=O) groups excluding carboxylic acids is 1. The van der Waals surface area contributed by atoms with E-state index in [2.05, 4.69) is 9.47 Å². The number of benzene rings is 1. The molecule has 0 saturated carbocycles. The molecule has 0 N–H and O–H groups in total. The molecule has 1 aromatic carbocycles. The fraction of sp³-hybridized carbons (Fsp3) is 0.588. The zero-order valence-electron chi connectivity index (χ0n) is 15.3. The predicted octanol–water partition coefficient (Wildman–Crippen LogP) is 4.05. The maximum absolute atomic E-state index is 14.5. The summed E-state index contributed by atoms with van der Waals surface area (Å²) in [6.45, 7) is -1.37. The largest absolute Gasteiger partial charge is 0.493 e. The van der Waals surface area contributed by atoms with Gasteiger partial charge in [-0.05, 0) is 13.0 Å². The molecule has 1 saturated heterocycles. The second kappa shape index (κ2) is 7.69. The molecule has 28 heavy (non-hydrogen) atoms. The summed E-state index contributed by atoms with van der Waals surface area (Å²) in [4.78, 5) is 12.1. The highest BCUT2D eigenvalue weighted by molar-refractivity contribution is 5.77. The molecule has 0 spiro atoms. The third kappa shape index (κ3) is 3.59. The first kappa shape index (κ1) is 22.1. The Morgan fingerprint density at radius 2 is 1.86 bits per heavy atom. The Hall–Kier alpha value is -2.17. The molecule has 158 valence electrons. The average Bonchev–Trinajstić information content (AvgIpc) is 2.88. The number of carbonyl (C=O) groups is 1. The van der Waals surface area contributed by atoms with Crippen molar-refractivity contribution in [3.63, 3.8) is 0 Å². The molecule has 1 aliphatic rings. The van der Waals surface area contributed by atoms with Crippen LogP contribution in [-0.2, 0) is 14.3 Å². The van der Waals surface area contributed by atoms with Crippen LogP contribution in [0.3, 0.4) is 0 Å². The van der Waals surface area contributed by atoms with Gasteiger partial charge in [-0.1, -0.05) is 13.0 Å². The number of hydrogen-bond donors (Lipinski definition) is 0. The number of alkyl halides is 5. The number of esters is 1. The van der Waals surface area contributed by atoms with E-state index in [-0.39, 0.29) is 5.56 Å². The molecule has 0 radical (unpaired) electrons. The summed E-state index contributed by atoms with van der Waals surface area (Å²) < 4.78 is 98.7. The Bertz CT molecular complexity index is 737. The summed E-state index contributed by atoms with van der Waals surface area (Å²) in [6.07, 6.45) is -6.57. The predicted molar refractivity (Wildman–Crippen MR) is 82.8 cm³/mol. The quantitative estimate of drug-likeness (QED) is 0.536. The van der Waals surface area contributed by atoms with E-state index in [9.17, 15) is 31.1 Å². The average molecular weight is 416 g/mol. The minimum absolute atomic E-state index is 0.169. The Labute approximate surface area is 156 Å². The van der Waals surface area contributed by atoms with Gasteiger partial charge in [0.1, 0.15) is 0 Å². The van der Waals surface area contributed by atoms with Gasteiger partial charge in [0, 0.05) is 17.4 Å². The molecule has 0 aromatic heterocycles. The standard InChI is InChI=1S/C17H18F6O5/c1-7-10(13(14(24)26-4)28-16(7,2)17(21,22)23)8-5-6-9(27-15(19)20)11(18)12(8)25-3/h5-7,10,13,15H,1-4H3/t7?,10?,13-,16?/m1/s1. The van der Waals surface area contributed by atoms with Crippen molar-refractivity contribution in [3.05, 3.63) is 23.5 Å². The number of rotatable bonds is 5. The molecule has 0 amide bonds. The summed E-state index contributed by atoms with van der Waals surface area (Å²) in [5.74, 6) is -6.61. The third-order valence-electron chi connectivity index (χ3n) is 4.97. The summed E-state index contributed by atoms with van der Waals surface area (Å²) in [6, 6.07) is 1.88. The molecule has 0 bridgehead atoms. The Morgan fingerprint density at radius 3 is 2.32 bits per heavy atom. The fourth-order valence-corrected chi connectivity index (χ4v) is 3.33. The molecule has 0 aliphatic carbocycles. The lowest BCUT2D eigenvalue weighted by Crippen LogP contribution is -2.47. The Morgan fingerprint density at radius 1 is 1.25 bits per heavy atom. The lowest BCUT2D eigenvalue weighted by atomic mass is 9.77. The fourth-order valence-electron chi connectivity index (χ4n) is 3.33. The molecule has 11 heteroatoms. The van der Waals surface area contributed by atoms with E-state index in [1.54, 1.807) is 0 Å². The highest BCUT2D eigenvalue weighted by Gasteiger charge is 2.66. The van der Waals surface area contributed by atoms with Crippen LogP contribution in [0.15, 0.2) is 12.1 Å². The van der Waals surface area contributed by atoms with Gasteiger partial charge in [0.15, 0.2) is 23.2 Å². The summed E-state index contributed by atoms with van der Waals surface area (Å²) in [5.41, 5.74) is -2.91. The van der Waals surface area contributed by atoms with Crippen molar-refractivity contribution in [1.29, 1.82) is 0 Å². The van der Waals surface area contributed by atoms with Gasteiger partial charge in [0.2, 0.25) is 5.82 Å². The molecule has 2 rings (SSSR count). The molecule has 4 atom stereocenters. The molecular formula is C17H18F6O5. The van der Waals surface area contributed by atoms with E-state index in [4.69, 9.17) is 9.47 Å². The summed E-state index contributed by atoms with van der Waals surface area (Å²) in [7, 11) is 1.97. The molecular weight excluding hydrogens is 398 g/mol. The summed E-state index contributed by atoms with van der Waals surface area (Å²) in [5, 5.41) is 0. The van der Waals surface area contributed by atoms with Gasteiger partial charge in [0.25, 0.3) is 0 Å². The van der Waals surface area contributed by atoms with Crippen molar-refractivity contribution in [1.82, 2.24) is 0 Å². The van der Waals surface area contributed by atoms with Gasteiger partial charge in [-0.15, -0.1) is 0 Å². The first-order valence-corrected chi connectivity index (χ1v) is 8.02. The smallest absolute Gasteiger partial charge is 0.417 e. The zero-order chi connectivity index (χ0) is 21.4. The van der Waals surface area contributed by atoms with Crippen LogP contribution in [0.25, 0.3) is 0 Å². The van der Waals surface area contributed by atoms with Crippen molar-refractivity contribution in [2.45, 2.75) is 44.3 Å². The van der Waals surface area contributed by atoms with Crippen LogP contribution in [0, 0.1) is 11.7 Å². The number of halogens is 6. The van der Waals surface area contributed by atoms with Crippen LogP contribution in [-0.4, -0.2) is 44.7 Å². The van der Waals surface area contributed by atoms with E-state index in [0.717, 1.165) is 33.3 Å². The molecule has 1 heterocycles. The van der Waals surface area contributed by atoms with Gasteiger partial charge in [-0.25, -0.2) is 4.79 Å². The monoisotopic (exact) mass is 416 g/mol. The lowest BCUT2D eigenvalue weighted by Gasteiger charge is -2.32. The van der Waals surface area contributed by atoms with Crippen LogP contribution in [0.2, 0.25) is 0 Å². The zero-order valence-corrected chi connectivity index (χ0v) is 15.3. The van der Waals surface area contributed by atoms with E-state index in [1.165, 1.54) is 6.92 Å². The highest BCUT2D eigenvalue weighted by atomic mass is 19.4. The Kier molecular flexibility index (Phi) is 6.07.